The Morgan fingerprint density at radius 2 is 1.88 bits per heavy atom. The van der Waals surface area contributed by atoms with Crippen LogP contribution in [-0.4, -0.2) is 25.7 Å². The summed E-state index contributed by atoms with van der Waals surface area (Å²) >= 11 is 0. The molecule has 0 spiro atoms. The second-order valence-electron chi connectivity index (χ2n) is 5.35. The van der Waals surface area contributed by atoms with Crippen LogP contribution in [0.3, 0.4) is 0 Å². The van der Waals surface area contributed by atoms with Crippen LogP contribution in [-0.2, 0) is 4.79 Å². The van der Waals surface area contributed by atoms with E-state index in [-0.39, 0.29) is 5.91 Å². The van der Waals surface area contributed by atoms with E-state index < -0.39 is 0 Å². The highest BCUT2D eigenvalue weighted by molar-refractivity contribution is 6.02. The summed E-state index contributed by atoms with van der Waals surface area (Å²) in [6.07, 6.45) is 4.91. The van der Waals surface area contributed by atoms with Gasteiger partial charge >= 0.3 is 0 Å². The first kappa shape index (κ1) is 16.6. The number of hydrogen-bond donors (Lipinski definition) is 1. The van der Waals surface area contributed by atoms with Crippen LogP contribution in [0.5, 0.6) is 17.2 Å². The van der Waals surface area contributed by atoms with Gasteiger partial charge in [0.15, 0.2) is 11.5 Å². The largest absolute Gasteiger partial charge is 0.490 e. The van der Waals surface area contributed by atoms with E-state index in [0.717, 1.165) is 11.3 Å². The summed E-state index contributed by atoms with van der Waals surface area (Å²) in [7, 11) is 0. The first-order valence-electron chi connectivity index (χ1n) is 7.97. The number of carbonyl (C=O) groups is 1. The molecule has 0 saturated carbocycles. The Labute approximate surface area is 146 Å². The predicted octanol–water partition coefficient (Wildman–Crippen LogP) is 3.67. The molecule has 0 aromatic heterocycles. The minimum Gasteiger partial charge on any atom is -0.490 e. The number of amides is 1. The molecule has 0 fully saturated rings. The third kappa shape index (κ3) is 4.64. The zero-order chi connectivity index (χ0) is 17.5. The van der Waals surface area contributed by atoms with E-state index in [2.05, 4.69) is 11.9 Å². The van der Waals surface area contributed by atoms with Crippen LogP contribution in [0.15, 0.2) is 61.2 Å². The number of carbonyl (C=O) groups excluding carboxylic acids is 1. The molecule has 0 radical (unpaired) electrons. The third-order valence-corrected chi connectivity index (χ3v) is 3.48. The summed E-state index contributed by atoms with van der Waals surface area (Å²) in [5.41, 5.74) is 1.57. The van der Waals surface area contributed by atoms with Crippen molar-refractivity contribution in [3.63, 3.8) is 0 Å². The standard InChI is InChI=1S/C20H19NO4/c1-2-11-23-17-7-3-15(4-8-17)5-10-20(22)21-16-6-9-18-19(14-16)25-13-12-24-18/h2-10,14H,1,11-13H2,(H,21,22)/b10-5+. The van der Waals surface area contributed by atoms with Crippen LogP contribution in [0.2, 0.25) is 0 Å². The monoisotopic (exact) mass is 337 g/mol. The molecule has 0 saturated heterocycles. The van der Waals surface area contributed by atoms with Gasteiger partial charge in [-0.05, 0) is 35.9 Å². The van der Waals surface area contributed by atoms with E-state index in [9.17, 15) is 4.79 Å². The van der Waals surface area contributed by atoms with Gasteiger partial charge in [-0.25, -0.2) is 0 Å². The van der Waals surface area contributed by atoms with Crippen molar-refractivity contribution in [3.05, 3.63) is 66.8 Å². The van der Waals surface area contributed by atoms with Gasteiger partial charge in [-0.15, -0.1) is 0 Å². The van der Waals surface area contributed by atoms with E-state index in [1.807, 2.05) is 24.3 Å². The quantitative estimate of drug-likeness (QED) is 0.645. The molecule has 1 aliphatic rings. The SMILES string of the molecule is C=CCOc1ccc(/C=C/C(=O)Nc2ccc3c(c2)OCCO3)cc1. The number of nitrogens with one attached hydrogen (secondary N) is 1. The Hall–Kier alpha value is -3.21. The lowest BCUT2D eigenvalue weighted by molar-refractivity contribution is -0.111. The topological polar surface area (TPSA) is 56.8 Å². The molecule has 1 heterocycles. The lowest BCUT2D eigenvalue weighted by atomic mass is 10.2. The van der Waals surface area contributed by atoms with Crippen LogP contribution in [0.4, 0.5) is 5.69 Å². The van der Waals surface area contributed by atoms with Gasteiger partial charge in [-0.3, -0.25) is 4.79 Å². The van der Waals surface area contributed by atoms with Crippen LogP contribution < -0.4 is 19.5 Å². The highest BCUT2D eigenvalue weighted by atomic mass is 16.6. The molecular formula is C20H19NO4. The third-order valence-electron chi connectivity index (χ3n) is 3.48. The maximum absolute atomic E-state index is 12.1. The van der Waals surface area contributed by atoms with E-state index in [0.29, 0.717) is 37.0 Å². The second-order valence-corrected chi connectivity index (χ2v) is 5.35. The van der Waals surface area contributed by atoms with E-state index in [1.165, 1.54) is 6.08 Å². The zero-order valence-corrected chi connectivity index (χ0v) is 13.7. The van der Waals surface area contributed by atoms with Crippen LogP contribution in [0.1, 0.15) is 5.56 Å². The van der Waals surface area contributed by atoms with Crippen molar-refractivity contribution in [2.75, 3.05) is 25.1 Å². The van der Waals surface area contributed by atoms with Crippen LogP contribution in [0.25, 0.3) is 6.08 Å². The van der Waals surface area contributed by atoms with Crippen LogP contribution in [0, 0.1) is 0 Å². The van der Waals surface area contributed by atoms with Gasteiger partial charge < -0.3 is 19.5 Å². The molecule has 0 aliphatic carbocycles. The molecule has 0 atom stereocenters. The van der Waals surface area contributed by atoms with Gasteiger partial charge in [0.05, 0.1) is 0 Å². The number of ether oxygens (including phenoxy) is 3. The van der Waals surface area contributed by atoms with Gasteiger partial charge in [0.25, 0.3) is 0 Å². The minimum absolute atomic E-state index is 0.219. The summed E-state index contributed by atoms with van der Waals surface area (Å²) in [4.78, 5) is 12.1. The van der Waals surface area contributed by atoms with Crippen molar-refractivity contribution in [1.82, 2.24) is 0 Å². The average Bonchev–Trinajstić information content (AvgIpc) is 2.65. The zero-order valence-electron chi connectivity index (χ0n) is 13.7. The molecular weight excluding hydrogens is 318 g/mol. The maximum atomic E-state index is 12.1. The van der Waals surface area contributed by atoms with Crippen molar-refractivity contribution in [2.24, 2.45) is 0 Å². The molecule has 3 rings (SSSR count). The molecule has 1 aliphatic heterocycles. The molecule has 2 aromatic rings. The summed E-state index contributed by atoms with van der Waals surface area (Å²) in [5, 5.41) is 2.80. The summed E-state index contributed by atoms with van der Waals surface area (Å²) < 4.78 is 16.4. The molecule has 5 heteroatoms. The number of anilines is 1. The highest BCUT2D eigenvalue weighted by Gasteiger charge is 2.12. The minimum atomic E-state index is -0.219. The van der Waals surface area contributed by atoms with E-state index in [4.69, 9.17) is 14.2 Å². The average molecular weight is 337 g/mol. The lowest BCUT2D eigenvalue weighted by Gasteiger charge is -2.18. The predicted molar refractivity (Wildman–Crippen MR) is 97.2 cm³/mol. The van der Waals surface area contributed by atoms with Crippen molar-refractivity contribution < 1.29 is 19.0 Å². The Balaban J connectivity index is 1.58. The number of benzene rings is 2. The lowest BCUT2D eigenvalue weighted by Crippen LogP contribution is -2.16. The molecule has 25 heavy (non-hydrogen) atoms. The Bertz CT molecular complexity index is 781. The van der Waals surface area contributed by atoms with Gasteiger partial charge in [-0.2, -0.15) is 0 Å². The van der Waals surface area contributed by atoms with Crippen molar-refractivity contribution in [1.29, 1.82) is 0 Å². The molecule has 5 nitrogen and oxygen atoms in total. The van der Waals surface area contributed by atoms with Crippen molar-refractivity contribution >= 4 is 17.7 Å². The molecule has 1 N–H and O–H groups in total. The van der Waals surface area contributed by atoms with Gasteiger partial charge in [0.1, 0.15) is 25.6 Å². The molecule has 2 aromatic carbocycles. The molecule has 0 bridgehead atoms. The Morgan fingerprint density at radius 3 is 2.64 bits per heavy atom. The Morgan fingerprint density at radius 1 is 1.12 bits per heavy atom. The molecule has 1 amide bonds. The van der Waals surface area contributed by atoms with Crippen molar-refractivity contribution in [3.8, 4) is 17.2 Å². The van der Waals surface area contributed by atoms with E-state index in [1.54, 1.807) is 30.4 Å². The molecule has 128 valence electrons. The second kappa shape index (κ2) is 8.06. The fourth-order valence-corrected chi connectivity index (χ4v) is 2.31. The normalized spacial score (nSPS) is 12.6. The smallest absolute Gasteiger partial charge is 0.248 e. The van der Waals surface area contributed by atoms with Gasteiger partial charge in [-0.1, -0.05) is 24.8 Å². The first-order chi connectivity index (χ1) is 12.2. The maximum Gasteiger partial charge on any atom is 0.248 e. The van der Waals surface area contributed by atoms with Crippen molar-refractivity contribution in [2.45, 2.75) is 0 Å². The Kier molecular flexibility index (Phi) is 5.36. The number of fused-ring (bicyclic) bond motifs is 1. The first-order valence-corrected chi connectivity index (χ1v) is 7.97. The summed E-state index contributed by atoms with van der Waals surface area (Å²) in [6, 6.07) is 12.8. The van der Waals surface area contributed by atoms with Gasteiger partial charge in [0, 0.05) is 17.8 Å². The highest BCUT2D eigenvalue weighted by Crippen LogP contribution is 2.32. The van der Waals surface area contributed by atoms with E-state index >= 15 is 0 Å². The number of hydrogen-bond acceptors (Lipinski definition) is 4. The summed E-state index contributed by atoms with van der Waals surface area (Å²) in [6.45, 7) is 5.12. The van der Waals surface area contributed by atoms with Gasteiger partial charge in [0.2, 0.25) is 5.91 Å². The summed E-state index contributed by atoms with van der Waals surface area (Å²) in [5.74, 6) is 1.88. The number of rotatable bonds is 6. The fraction of sp³-hybridized carbons (Fsp3) is 0.150. The molecule has 0 unspecified atom stereocenters. The van der Waals surface area contributed by atoms with Crippen LogP contribution >= 0.6 is 0 Å². The fourth-order valence-electron chi connectivity index (χ4n) is 2.31.